The van der Waals surface area contributed by atoms with Crippen LogP contribution in [-0.4, -0.2) is 27.6 Å². The molecule has 21 heavy (non-hydrogen) atoms. The highest BCUT2D eigenvalue weighted by molar-refractivity contribution is 6.31. The third kappa shape index (κ3) is 4.22. The van der Waals surface area contributed by atoms with Gasteiger partial charge in [0.1, 0.15) is 5.75 Å². The molecule has 1 heterocycles. The van der Waals surface area contributed by atoms with Gasteiger partial charge in [-0.15, -0.1) is 0 Å². The van der Waals surface area contributed by atoms with Gasteiger partial charge in [0.25, 0.3) is 0 Å². The standard InChI is InChI=1S/C16H21ClN2O2/c1-11-5-4-6-14(9-11)21-8-7-13(20)10-15-16(17)12(2)18-19(15)3/h4-6,9,13,20H,7-8,10H2,1-3H3. The number of halogens is 1. The Morgan fingerprint density at radius 1 is 1.38 bits per heavy atom. The minimum atomic E-state index is -0.498. The lowest BCUT2D eigenvalue weighted by Gasteiger charge is -2.12. The predicted molar refractivity (Wildman–Crippen MR) is 84.0 cm³/mol. The highest BCUT2D eigenvalue weighted by atomic mass is 35.5. The molecule has 0 aliphatic rings. The van der Waals surface area contributed by atoms with Crippen LogP contribution in [0.3, 0.4) is 0 Å². The zero-order chi connectivity index (χ0) is 15.4. The molecule has 5 heteroatoms. The fourth-order valence-electron chi connectivity index (χ4n) is 2.25. The maximum atomic E-state index is 10.1. The lowest BCUT2D eigenvalue weighted by Crippen LogP contribution is -2.17. The molecular weight excluding hydrogens is 288 g/mol. The van der Waals surface area contributed by atoms with Crippen molar-refractivity contribution >= 4 is 11.6 Å². The maximum absolute atomic E-state index is 10.1. The fourth-order valence-corrected chi connectivity index (χ4v) is 2.48. The molecule has 114 valence electrons. The van der Waals surface area contributed by atoms with Gasteiger partial charge in [-0.05, 0) is 31.5 Å². The van der Waals surface area contributed by atoms with E-state index in [1.807, 2.05) is 45.2 Å². The Labute approximate surface area is 130 Å². The summed E-state index contributed by atoms with van der Waals surface area (Å²) in [7, 11) is 1.84. The van der Waals surface area contributed by atoms with Crippen molar-refractivity contribution in [3.05, 3.63) is 46.2 Å². The van der Waals surface area contributed by atoms with Gasteiger partial charge >= 0.3 is 0 Å². The molecule has 4 nitrogen and oxygen atoms in total. The molecule has 1 unspecified atom stereocenters. The van der Waals surface area contributed by atoms with E-state index in [2.05, 4.69) is 5.10 Å². The molecule has 0 amide bonds. The first-order valence-corrected chi connectivity index (χ1v) is 7.40. The van der Waals surface area contributed by atoms with E-state index in [0.717, 1.165) is 22.7 Å². The van der Waals surface area contributed by atoms with Crippen molar-refractivity contribution in [3.8, 4) is 5.75 Å². The Bertz CT molecular complexity index is 610. The summed E-state index contributed by atoms with van der Waals surface area (Å²) in [6.07, 6.45) is 0.532. The van der Waals surface area contributed by atoms with Crippen molar-refractivity contribution in [1.82, 2.24) is 9.78 Å². The highest BCUT2D eigenvalue weighted by Crippen LogP contribution is 2.21. The molecule has 0 spiro atoms. The summed E-state index contributed by atoms with van der Waals surface area (Å²) >= 11 is 6.18. The van der Waals surface area contributed by atoms with E-state index in [1.54, 1.807) is 4.68 Å². The van der Waals surface area contributed by atoms with Crippen LogP contribution in [-0.2, 0) is 13.5 Å². The average molecular weight is 309 g/mol. The second kappa shape index (κ2) is 6.96. The van der Waals surface area contributed by atoms with Gasteiger partial charge in [-0.2, -0.15) is 5.10 Å². The summed E-state index contributed by atoms with van der Waals surface area (Å²) in [6.45, 7) is 4.35. The van der Waals surface area contributed by atoms with Gasteiger partial charge in [-0.1, -0.05) is 23.7 Å². The molecule has 0 saturated heterocycles. The Morgan fingerprint density at radius 3 is 2.76 bits per heavy atom. The molecule has 0 bridgehead atoms. The van der Waals surface area contributed by atoms with Crippen molar-refractivity contribution in [2.45, 2.75) is 32.8 Å². The number of aryl methyl sites for hydroxylation is 3. The first-order chi connectivity index (χ1) is 9.97. The van der Waals surface area contributed by atoms with Gasteiger partial charge in [0.2, 0.25) is 0 Å². The fraction of sp³-hybridized carbons (Fsp3) is 0.438. The average Bonchev–Trinajstić information content (AvgIpc) is 2.65. The number of aliphatic hydroxyl groups is 1. The zero-order valence-electron chi connectivity index (χ0n) is 12.6. The summed E-state index contributed by atoms with van der Waals surface area (Å²) in [4.78, 5) is 0. The number of hydrogen-bond acceptors (Lipinski definition) is 3. The number of hydrogen-bond donors (Lipinski definition) is 1. The van der Waals surface area contributed by atoms with Crippen molar-refractivity contribution in [2.75, 3.05) is 6.61 Å². The molecule has 0 radical (unpaired) electrons. The lowest BCUT2D eigenvalue weighted by atomic mass is 10.1. The first kappa shape index (κ1) is 15.9. The molecule has 1 N–H and O–H groups in total. The van der Waals surface area contributed by atoms with Crippen LogP contribution in [0.15, 0.2) is 24.3 Å². The molecule has 2 rings (SSSR count). The molecular formula is C16H21ClN2O2. The number of aliphatic hydroxyl groups excluding tert-OH is 1. The lowest BCUT2D eigenvalue weighted by molar-refractivity contribution is 0.137. The number of rotatable bonds is 6. The van der Waals surface area contributed by atoms with Crippen molar-refractivity contribution in [1.29, 1.82) is 0 Å². The maximum Gasteiger partial charge on any atom is 0.119 e. The second-order valence-corrected chi connectivity index (χ2v) is 5.66. The Morgan fingerprint density at radius 2 is 2.14 bits per heavy atom. The molecule has 0 saturated carbocycles. The van der Waals surface area contributed by atoms with Crippen LogP contribution in [0, 0.1) is 13.8 Å². The van der Waals surface area contributed by atoms with Crippen LogP contribution in [0.2, 0.25) is 5.02 Å². The van der Waals surface area contributed by atoms with Crippen LogP contribution >= 0.6 is 11.6 Å². The molecule has 1 aromatic heterocycles. The van der Waals surface area contributed by atoms with Gasteiger partial charge in [0, 0.05) is 19.9 Å². The number of aromatic nitrogens is 2. The van der Waals surface area contributed by atoms with E-state index in [0.29, 0.717) is 24.5 Å². The topological polar surface area (TPSA) is 47.3 Å². The summed E-state index contributed by atoms with van der Waals surface area (Å²) in [5.41, 5.74) is 2.81. The van der Waals surface area contributed by atoms with Gasteiger partial charge in [-0.25, -0.2) is 0 Å². The van der Waals surface area contributed by atoms with Crippen LogP contribution in [0.25, 0.3) is 0 Å². The molecule has 0 fully saturated rings. The Hall–Kier alpha value is -1.52. The second-order valence-electron chi connectivity index (χ2n) is 5.28. The summed E-state index contributed by atoms with van der Waals surface area (Å²) < 4.78 is 7.37. The Kier molecular flexibility index (Phi) is 5.26. The van der Waals surface area contributed by atoms with Crippen LogP contribution in [0.1, 0.15) is 23.4 Å². The molecule has 1 aromatic carbocycles. The van der Waals surface area contributed by atoms with E-state index >= 15 is 0 Å². The van der Waals surface area contributed by atoms with Gasteiger partial charge in [-0.3, -0.25) is 4.68 Å². The molecule has 0 aliphatic carbocycles. The predicted octanol–water partition coefficient (Wildman–Crippen LogP) is 3.06. The molecule has 1 atom stereocenters. The van der Waals surface area contributed by atoms with Gasteiger partial charge < -0.3 is 9.84 Å². The van der Waals surface area contributed by atoms with E-state index in [4.69, 9.17) is 16.3 Å². The van der Waals surface area contributed by atoms with E-state index in [-0.39, 0.29) is 0 Å². The van der Waals surface area contributed by atoms with E-state index in [9.17, 15) is 5.11 Å². The minimum absolute atomic E-state index is 0.471. The van der Waals surface area contributed by atoms with E-state index in [1.165, 1.54) is 0 Å². The SMILES string of the molecule is Cc1cccc(OCCC(O)Cc2c(Cl)c(C)nn2C)c1. The number of ether oxygens (including phenoxy) is 1. The van der Waals surface area contributed by atoms with Gasteiger partial charge in [0.05, 0.1) is 29.1 Å². The summed E-state index contributed by atoms with van der Waals surface area (Å²) in [6, 6.07) is 7.88. The highest BCUT2D eigenvalue weighted by Gasteiger charge is 2.15. The Balaban J connectivity index is 1.83. The summed E-state index contributed by atoms with van der Waals surface area (Å²) in [5, 5.41) is 15.0. The smallest absolute Gasteiger partial charge is 0.119 e. The van der Waals surface area contributed by atoms with Crippen molar-refractivity contribution < 1.29 is 9.84 Å². The number of benzene rings is 1. The molecule has 2 aromatic rings. The van der Waals surface area contributed by atoms with Crippen LogP contribution in [0.5, 0.6) is 5.75 Å². The summed E-state index contributed by atoms with van der Waals surface area (Å²) in [5.74, 6) is 0.830. The molecule has 0 aliphatic heterocycles. The largest absolute Gasteiger partial charge is 0.493 e. The minimum Gasteiger partial charge on any atom is -0.493 e. The quantitative estimate of drug-likeness (QED) is 0.892. The van der Waals surface area contributed by atoms with Crippen LogP contribution < -0.4 is 4.74 Å². The van der Waals surface area contributed by atoms with Crippen molar-refractivity contribution in [2.24, 2.45) is 7.05 Å². The number of nitrogens with zero attached hydrogens (tertiary/aromatic N) is 2. The first-order valence-electron chi connectivity index (χ1n) is 7.03. The van der Waals surface area contributed by atoms with Crippen molar-refractivity contribution in [3.63, 3.8) is 0 Å². The third-order valence-corrected chi connectivity index (χ3v) is 3.89. The third-order valence-electron chi connectivity index (χ3n) is 3.40. The normalized spacial score (nSPS) is 12.4. The van der Waals surface area contributed by atoms with Crippen LogP contribution in [0.4, 0.5) is 0 Å². The zero-order valence-corrected chi connectivity index (χ0v) is 13.4. The van der Waals surface area contributed by atoms with E-state index < -0.39 is 6.10 Å². The monoisotopic (exact) mass is 308 g/mol. The van der Waals surface area contributed by atoms with Gasteiger partial charge in [0.15, 0.2) is 0 Å².